The first-order valence-electron chi connectivity index (χ1n) is 22.3. The Morgan fingerprint density at radius 2 is 1.08 bits per heavy atom. The fourth-order valence-corrected chi connectivity index (χ4v) is 11.6. The minimum Gasteiger partial charge on any atom is -0.483 e. The molecule has 4 aliphatic rings. The number of fused-ring (bicyclic) bond motifs is 12. The Hall–Kier alpha value is -7.36. The van der Waals surface area contributed by atoms with Crippen LogP contribution in [-0.4, -0.2) is 16.7 Å². The standard InChI is InChI=1S/C60H46N2O/c1-59(2)50-21-11-8-17-42(50)44-31-30-41(34-52(44)59)61(55-23-14-20-46-45-19-10-13-24-57(45)63-58(46)55)40-28-25-37(26-29-40)38-27-32-54-48(33-38)49-35-47-43-18-9-12-22-51(43)60(3,4)53(47)36-56(49)62(54)39-15-6-5-7-16-39/h5-36,55,58H,1-4H3. The van der Waals surface area contributed by atoms with Gasteiger partial charge in [-0.05, 0) is 122 Å². The zero-order valence-electron chi connectivity index (χ0n) is 35.9. The van der Waals surface area contributed by atoms with E-state index in [4.69, 9.17) is 4.74 Å². The fraction of sp³-hybridized carbons (Fsp3) is 0.133. The summed E-state index contributed by atoms with van der Waals surface area (Å²) in [6, 6.07) is 65.3. The van der Waals surface area contributed by atoms with Crippen LogP contribution in [-0.2, 0) is 10.8 Å². The van der Waals surface area contributed by atoms with E-state index in [1.54, 1.807) is 0 Å². The third-order valence-corrected chi connectivity index (χ3v) is 14.8. The maximum absolute atomic E-state index is 6.83. The lowest BCUT2D eigenvalue weighted by atomic mass is 9.82. The Balaban J connectivity index is 0.943. The van der Waals surface area contributed by atoms with Gasteiger partial charge in [-0.2, -0.15) is 0 Å². The summed E-state index contributed by atoms with van der Waals surface area (Å²) in [7, 11) is 0. The van der Waals surface area contributed by atoms with Gasteiger partial charge in [-0.3, -0.25) is 0 Å². The highest BCUT2D eigenvalue weighted by Crippen LogP contribution is 2.53. The summed E-state index contributed by atoms with van der Waals surface area (Å²) in [6.45, 7) is 9.46. The molecule has 0 spiro atoms. The molecule has 3 nitrogen and oxygen atoms in total. The molecule has 0 radical (unpaired) electrons. The van der Waals surface area contributed by atoms with Gasteiger partial charge >= 0.3 is 0 Å². The van der Waals surface area contributed by atoms with Crippen LogP contribution in [0.1, 0.15) is 55.5 Å². The summed E-state index contributed by atoms with van der Waals surface area (Å²) in [5.74, 6) is 0.949. The SMILES string of the molecule is CC1(C)c2ccccc2-c2ccc(N(c3ccc(-c4ccc5c(c4)c4cc6c(cc4n5-c4ccccc4)C(C)(C)c4ccccc4-6)cc3)C3C=CC=C4c5ccccc5OC43)cc21. The van der Waals surface area contributed by atoms with Crippen LogP contribution in [0.15, 0.2) is 194 Å². The van der Waals surface area contributed by atoms with Gasteiger partial charge in [-0.15, -0.1) is 0 Å². The van der Waals surface area contributed by atoms with Gasteiger partial charge in [-0.25, -0.2) is 0 Å². The molecule has 0 fully saturated rings. The van der Waals surface area contributed by atoms with Crippen LogP contribution in [0.25, 0.3) is 66.4 Å². The number of benzene rings is 8. The number of ether oxygens (including phenoxy) is 1. The monoisotopic (exact) mass is 810 g/mol. The van der Waals surface area contributed by atoms with E-state index < -0.39 is 0 Å². The largest absolute Gasteiger partial charge is 0.483 e. The molecule has 9 aromatic rings. The molecule has 3 aliphatic carbocycles. The lowest BCUT2D eigenvalue weighted by Crippen LogP contribution is -2.42. The van der Waals surface area contributed by atoms with Crippen LogP contribution < -0.4 is 9.64 Å². The first-order chi connectivity index (χ1) is 30.8. The van der Waals surface area contributed by atoms with E-state index in [0.717, 1.165) is 17.1 Å². The number of hydrogen-bond donors (Lipinski definition) is 0. The smallest absolute Gasteiger partial charge is 0.149 e. The highest BCUT2D eigenvalue weighted by atomic mass is 16.5. The second kappa shape index (κ2) is 13.1. The number of anilines is 2. The zero-order chi connectivity index (χ0) is 42.2. The lowest BCUT2D eigenvalue weighted by molar-refractivity contribution is 0.258. The van der Waals surface area contributed by atoms with E-state index in [1.165, 1.54) is 94.3 Å². The Bertz CT molecular complexity index is 3440. The van der Waals surface area contributed by atoms with E-state index >= 15 is 0 Å². The number of allylic oxidation sites excluding steroid dienone is 2. The minimum atomic E-state index is -0.145. The number of nitrogens with zero attached hydrogens (tertiary/aromatic N) is 2. The quantitative estimate of drug-likeness (QED) is 0.172. The van der Waals surface area contributed by atoms with Crippen molar-refractivity contribution in [3.05, 3.63) is 222 Å². The second-order valence-electron chi connectivity index (χ2n) is 18.8. The predicted molar refractivity (Wildman–Crippen MR) is 262 cm³/mol. The Labute approximate surface area is 368 Å². The van der Waals surface area contributed by atoms with Crippen molar-refractivity contribution < 1.29 is 4.74 Å². The summed E-state index contributed by atoms with van der Waals surface area (Å²) in [5.41, 5.74) is 21.4. The molecule has 2 heterocycles. The third-order valence-electron chi connectivity index (χ3n) is 14.8. The van der Waals surface area contributed by atoms with Crippen LogP contribution >= 0.6 is 0 Å². The molecule has 63 heavy (non-hydrogen) atoms. The molecule has 1 aromatic heterocycles. The van der Waals surface area contributed by atoms with Crippen LogP contribution in [0.2, 0.25) is 0 Å². The van der Waals surface area contributed by atoms with Crippen LogP contribution in [0.4, 0.5) is 11.4 Å². The van der Waals surface area contributed by atoms with Crippen molar-refractivity contribution in [2.24, 2.45) is 0 Å². The van der Waals surface area contributed by atoms with Gasteiger partial charge in [0.05, 0.1) is 17.1 Å². The van der Waals surface area contributed by atoms with Crippen molar-refractivity contribution in [3.8, 4) is 44.8 Å². The van der Waals surface area contributed by atoms with Gasteiger partial charge in [0.15, 0.2) is 0 Å². The second-order valence-corrected chi connectivity index (χ2v) is 18.8. The molecule has 0 amide bonds. The summed E-state index contributed by atoms with van der Waals surface area (Å²) in [4.78, 5) is 2.50. The van der Waals surface area contributed by atoms with Crippen LogP contribution in [0.3, 0.4) is 0 Å². The Morgan fingerprint density at radius 3 is 1.84 bits per heavy atom. The normalized spacial score (nSPS) is 17.9. The van der Waals surface area contributed by atoms with Crippen molar-refractivity contribution in [1.29, 1.82) is 0 Å². The molecule has 8 aromatic carbocycles. The predicted octanol–water partition coefficient (Wildman–Crippen LogP) is 15.0. The molecule has 0 saturated carbocycles. The number of hydrogen-bond acceptors (Lipinski definition) is 2. The van der Waals surface area contributed by atoms with Crippen molar-refractivity contribution in [1.82, 2.24) is 4.57 Å². The summed E-state index contributed by atoms with van der Waals surface area (Å²) in [5, 5.41) is 2.53. The van der Waals surface area contributed by atoms with Crippen LogP contribution in [0, 0.1) is 0 Å². The number of rotatable bonds is 5. The topological polar surface area (TPSA) is 17.4 Å². The first-order valence-corrected chi connectivity index (χ1v) is 22.3. The fourth-order valence-electron chi connectivity index (χ4n) is 11.6. The molecule has 2 unspecified atom stereocenters. The molecular formula is C60H46N2O. The van der Waals surface area contributed by atoms with E-state index in [9.17, 15) is 0 Å². The highest BCUT2D eigenvalue weighted by Gasteiger charge is 2.41. The first kappa shape index (κ1) is 36.3. The molecule has 0 N–H and O–H groups in total. The Kier molecular flexibility index (Phi) is 7.54. The van der Waals surface area contributed by atoms with Gasteiger partial charge in [0.25, 0.3) is 0 Å². The molecule has 2 atom stereocenters. The minimum absolute atomic E-state index is 0.0644. The summed E-state index contributed by atoms with van der Waals surface area (Å²) in [6.07, 6.45) is 6.62. The van der Waals surface area contributed by atoms with Crippen molar-refractivity contribution in [3.63, 3.8) is 0 Å². The molecule has 0 bridgehead atoms. The maximum atomic E-state index is 6.83. The number of aromatic nitrogens is 1. The molecule has 3 heteroatoms. The molecule has 302 valence electrons. The van der Waals surface area contributed by atoms with Gasteiger partial charge in [0.1, 0.15) is 11.9 Å². The van der Waals surface area contributed by atoms with E-state index in [1.807, 2.05) is 0 Å². The average Bonchev–Trinajstić information content (AvgIpc) is 4.00. The summed E-state index contributed by atoms with van der Waals surface area (Å²) < 4.78 is 9.28. The third kappa shape index (κ3) is 5.14. The van der Waals surface area contributed by atoms with E-state index in [2.05, 4.69) is 231 Å². The van der Waals surface area contributed by atoms with Crippen molar-refractivity contribution >= 4 is 38.8 Å². The van der Waals surface area contributed by atoms with Crippen molar-refractivity contribution in [2.75, 3.05) is 4.90 Å². The average molecular weight is 811 g/mol. The number of para-hydroxylation sites is 2. The molecular weight excluding hydrogens is 765 g/mol. The van der Waals surface area contributed by atoms with Gasteiger partial charge in [-0.1, -0.05) is 155 Å². The van der Waals surface area contributed by atoms with Crippen LogP contribution in [0.5, 0.6) is 5.75 Å². The highest BCUT2D eigenvalue weighted by molar-refractivity contribution is 6.12. The van der Waals surface area contributed by atoms with Gasteiger partial charge < -0.3 is 14.2 Å². The Morgan fingerprint density at radius 1 is 0.476 bits per heavy atom. The van der Waals surface area contributed by atoms with E-state index in [0.29, 0.717) is 0 Å². The van der Waals surface area contributed by atoms with Gasteiger partial charge in [0, 0.05) is 49.8 Å². The molecule has 0 saturated heterocycles. The summed E-state index contributed by atoms with van der Waals surface area (Å²) >= 11 is 0. The molecule has 13 rings (SSSR count). The van der Waals surface area contributed by atoms with E-state index in [-0.39, 0.29) is 23.0 Å². The molecule has 1 aliphatic heterocycles. The van der Waals surface area contributed by atoms with Gasteiger partial charge in [0.2, 0.25) is 0 Å². The lowest BCUT2D eigenvalue weighted by Gasteiger charge is -2.37. The maximum Gasteiger partial charge on any atom is 0.149 e. The zero-order valence-corrected chi connectivity index (χ0v) is 35.9. The van der Waals surface area contributed by atoms with Crippen molar-refractivity contribution in [2.45, 2.75) is 50.7 Å².